The second kappa shape index (κ2) is 8.77. The van der Waals surface area contributed by atoms with E-state index in [0.29, 0.717) is 25.0 Å². The van der Waals surface area contributed by atoms with Gasteiger partial charge in [0.25, 0.3) is 0 Å². The van der Waals surface area contributed by atoms with E-state index in [1.54, 1.807) is 0 Å². The van der Waals surface area contributed by atoms with E-state index in [-0.39, 0.29) is 30.3 Å². The van der Waals surface area contributed by atoms with Crippen LogP contribution in [0.15, 0.2) is 54.6 Å². The first-order chi connectivity index (χ1) is 12.7. The lowest BCUT2D eigenvalue weighted by atomic mass is 10.1. The molecule has 2 aromatic carbocycles. The van der Waals surface area contributed by atoms with Crippen molar-refractivity contribution in [3.63, 3.8) is 0 Å². The molecule has 4 rings (SSSR count). The maximum absolute atomic E-state index is 12.4. The predicted molar refractivity (Wildman–Crippen MR) is 109 cm³/mol. The number of amides is 1. The fourth-order valence-electron chi connectivity index (χ4n) is 3.56. The van der Waals surface area contributed by atoms with Crippen LogP contribution in [0.5, 0.6) is 5.75 Å². The van der Waals surface area contributed by atoms with E-state index >= 15 is 0 Å². The highest BCUT2D eigenvalue weighted by atomic mass is 35.5. The van der Waals surface area contributed by atoms with Crippen LogP contribution < -0.4 is 15.8 Å². The Kier molecular flexibility index (Phi) is 6.40. The van der Waals surface area contributed by atoms with Crippen LogP contribution in [0.2, 0.25) is 0 Å². The molecule has 2 fully saturated rings. The minimum absolute atomic E-state index is 0. The van der Waals surface area contributed by atoms with Gasteiger partial charge in [-0.05, 0) is 54.4 Å². The van der Waals surface area contributed by atoms with Gasteiger partial charge in [0.15, 0.2) is 0 Å². The molecule has 0 radical (unpaired) electrons. The molecular formula is C22H27ClN2O2. The van der Waals surface area contributed by atoms with Gasteiger partial charge in [-0.1, -0.05) is 42.5 Å². The van der Waals surface area contributed by atoms with Gasteiger partial charge in [0, 0.05) is 18.5 Å². The molecule has 2 aromatic rings. The molecule has 2 aliphatic carbocycles. The molecule has 0 bridgehead atoms. The number of halogens is 1. The average Bonchev–Trinajstić information content (AvgIpc) is 3.58. The normalized spacial score (nSPS) is 21.7. The summed E-state index contributed by atoms with van der Waals surface area (Å²) in [5, 5.41) is 3.15. The lowest BCUT2D eigenvalue weighted by Gasteiger charge is -2.16. The van der Waals surface area contributed by atoms with Crippen LogP contribution in [0.4, 0.5) is 0 Å². The van der Waals surface area contributed by atoms with E-state index in [4.69, 9.17) is 10.5 Å². The molecule has 1 amide bonds. The molecule has 4 nitrogen and oxygen atoms in total. The largest absolute Gasteiger partial charge is 0.489 e. The van der Waals surface area contributed by atoms with Crippen molar-refractivity contribution >= 4 is 18.3 Å². The number of ether oxygens (including phenoxy) is 1. The van der Waals surface area contributed by atoms with Crippen molar-refractivity contribution in [3.05, 3.63) is 65.7 Å². The summed E-state index contributed by atoms with van der Waals surface area (Å²) in [5.74, 6) is 2.05. The summed E-state index contributed by atoms with van der Waals surface area (Å²) >= 11 is 0. The Bertz CT molecular complexity index is 747. The molecule has 0 saturated heterocycles. The van der Waals surface area contributed by atoms with Gasteiger partial charge in [0.1, 0.15) is 12.4 Å². The van der Waals surface area contributed by atoms with Crippen molar-refractivity contribution in [3.8, 4) is 5.75 Å². The number of benzene rings is 2. The zero-order valence-electron chi connectivity index (χ0n) is 15.3. The topological polar surface area (TPSA) is 64.3 Å². The molecule has 2 aliphatic rings. The summed E-state index contributed by atoms with van der Waals surface area (Å²) in [6, 6.07) is 18.5. The lowest BCUT2D eigenvalue weighted by Crippen LogP contribution is -2.42. The highest BCUT2D eigenvalue weighted by molar-refractivity contribution is 5.85. The summed E-state index contributed by atoms with van der Waals surface area (Å²) < 4.78 is 5.83. The van der Waals surface area contributed by atoms with Gasteiger partial charge in [0.05, 0.1) is 0 Å². The summed E-state index contributed by atoms with van der Waals surface area (Å²) in [5.41, 5.74) is 8.16. The Hall–Kier alpha value is -2.04. The van der Waals surface area contributed by atoms with Crippen LogP contribution >= 0.6 is 12.4 Å². The van der Waals surface area contributed by atoms with Gasteiger partial charge < -0.3 is 15.8 Å². The quantitative estimate of drug-likeness (QED) is 0.727. The van der Waals surface area contributed by atoms with Crippen LogP contribution in [0.1, 0.15) is 36.3 Å². The highest BCUT2D eigenvalue weighted by Gasteiger charge is 2.45. The summed E-state index contributed by atoms with van der Waals surface area (Å²) in [6.07, 6.45) is 3.32. The van der Waals surface area contributed by atoms with Crippen molar-refractivity contribution in [1.29, 1.82) is 0 Å². The van der Waals surface area contributed by atoms with Crippen LogP contribution in [0.25, 0.3) is 0 Å². The van der Waals surface area contributed by atoms with Gasteiger partial charge in [-0.3, -0.25) is 4.79 Å². The minimum Gasteiger partial charge on any atom is -0.489 e. The van der Waals surface area contributed by atoms with Crippen molar-refractivity contribution in [2.45, 2.75) is 37.8 Å². The van der Waals surface area contributed by atoms with Crippen LogP contribution in [-0.4, -0.2) is 18.5 Å². The van der Waals surface area contributed by atoms with Gasteiger partial charge in [-0.25, -0.2) is 0 Å². The monoisotopic (exact) mass is 386 g/mol. The Morgan fingerprint density at radius 2 is 1.81 bits per heavy atom. The number of rotatable bonds is 8. The minimum atomic E-state index is 0. The van der Waals surface area contributed by atoms with E-state index < -0.39 is 0 Å². The summed E-state index contributed by atoms with van der Waals surface area (Å²) in [7, 11) is 0. The molecule has 3 atom stereocenters. The summed E-state index contributed by atoms with van der Waals surface area (Å²) in [4.78, 5) is 12.4. The Labute approximate surface area is 166 Å². The molecule has 0 heterocycles. The van der Waals surface area contributed by atoms with Crippen molar-refractivity contribution in [2.24, 2.45) is 17.6 Å². The van der Waals surface area contributed by atoms with Crippen molar-refractivity contribution in [1.82, 2.24) is 5.32 Å². The smallest absolute Gasteiger partial charge is 0.224 e. The van der Waals surface area contributed by atoms with Crippen molar-refractivity contribution in [2.75, 3.05) is 6.54 Å². The maximum Gasteiger partial charge on any atom is 0.224 e. The van der Waals surface area contributed by atoms with E-state index in [2.05, 4.69) is 29.6 Å². The number of hydrogen-bond acceptors (Lipinski definition) is 3. The van der Waals surface area contributed by atoms with E-state index in [1.807, 2.05) is 30.3 Å². The molecule has 27 heavy (non-hydrogen) atoms. The highest BCUT2D eigenvalue weighted by Crippen LogP contribution is 2.48. The molecule has 3 unspecified atom stereocenters. The third kappa shape index (κ3) is 5.02. The molecule has 0 spiro atoms. The average molecular weight is 387 g/mol. The number of carbonyl (C=O) groups is 1. The third-order valence-corrected chi connectivity index (χ3v) is 5.46. The Balaban J connectivity index is 0.00000210. The molecule has 3 N–H and O–H groups in total. The van der Waals surface area contributed by atoms with Crippen LogP contribution in [-0.2, 0) is 11.4 Å². The molecule has 5 heteroatoms. The number of hydrogen-bond donors (Lipinski definition) is 2. The molecule has 144 valence electrons. The second-order valence-corrected chi connectivity index (χ2v) is 7.48. The van der Waals surface area contributed by atoms with E-state index in [9.17, 15) is 4.79 Å². The molecule has 2 saturated carbocycles. The first-order valence-corrected chi connectivity index (χ1v) is 9.51. The van der Waals surface area contributed by atoms with Gasteiger partial charge in [-0.2, -0.15) is 0 Å². The Morgan fingerprint density at radius 3 is 2.44 bits per heavy atom. The van der Waals surface area contributed by atoms with Gasteiger partial charge >= 0.3 is 0 Å². The first kappa shape index (κ1) is 19.7. The van der Waals surface area contributed by atoms with E-state index in [0.717, 1.165) is 17.7 Å². The Morgan fingerprint density at radius 1 is 1.11 bits per heavy atom. The zero-order chi connectivity index (χ0) is 17.9. The maximum atomic E-state index is 12.4. The van der Waals surface area contributed by atoms with Crippen LogP contribution in [0, 0.1) is 11.8 Å². The van der Waals surface area contributed by atoms with E-state index in [1.165, 1.54) is 18.4 Å². The summed E-state index contributed by atoms with van der Waals surface area (Å²) in [6.45, 7) is 1.11. The lowest BCUT2D eigenvalue weighted by molar-refractivity contribution is -0.123. The zero-order valence-corrected chi connectivity index (χ0v) is 16.2. The molecular weight excluding hydrogens is 360 g/mol. The molecule has 0 aromatic heterocycles. The SMILES string of the molecule is Cl.NCC(NC(=O)C1CC1c1ccc(OCc2ccccc2)cc1)C1CC1. The standard InChI is InChI=1S/C22H26N2O2.ClH/c23-13-21(17-6-7-17)24-22(25)20-12-19(20)16-8-10-18(11-9-16)26-14-15-4-2-1-3-5-15;/h1-5,8-11,17,19-21H,6-7,12-14,23H2,(H,24,25);1H. The van der Waals surface area contributed by atoms with Gasteiger partial charge in [0.2, 0.25) is 5.91 Å². The third-order valence-electron chi connectivity index (χ3n) is 5.46. The number of nitrogens with one attached hydrogen (secondary N) is 1. The predicted octanol–water partition coefficient (Wildman–Crippen LogP) is 3.64. The molecule has 0 aliphatic heterocycles. The first-order valence-electron chi connectivity index (χ1n) is 9.51. The number of nitrogens with two attached hydrogens (primary N) is 1. The van der Waals surface area contributed by atoms with Crippen molar-refractivity contribution < 1.29 is 9.53 Å². The van der Waals surface area contributed by atoms with Gasteiger partial charge in [-0.15, -0.1) is 12.4 Å². The second-order valence-electron chi connectivity index (χ2n) is 7.48. The fraction of sp³-hybridized carbons (Fsp3) is 0.409. The number of carbonyl (C=O) groups excluding carboxylic acids is 1. The fourth-order valence-corrected chi connectivity index (χ4v) is 3.56. The van der Waals surface area contributed by atoms with Crippen LogP contribution in [0.3, 0.4) is 0 Å².